The van der Waals surface area contributed by atoms with E-state index in [1.165, 1.54) is 18.2 Å². The summed E-state index contributed by atoms with van der Waals surface area (Å²) in [5.74, 6) is -0.843. The molecule has 1 fully saturated rings. The van der Waals surface area contributed by atoms with Crippen molar-refractivity contribution in [3.63, 3.8) is 0 Å². The van der Waals surface area contributed by atoms with E-state index in [0.717, 1.165) is 22.3 Å². The molecular formula is C28H30F3N3O4. The quantitative estimate of drug-likeness (QED) is 0.453. The number of nitrogens with zero attached hydrogens (tertiary/aromatic N) is 3. The van der Waals surface area contributed by atoms with E-state index in [4.69, 9.17) is 0 Å². The number of rotatable bonds is 6. The van der Waals surface area contributed by atoms with Gasteiger partial charge in [-0.15, -0.1) is 13.2 Å². The minimum Gasteiger partial charge on any atom is -0.481 e. The van der Waals surface area contributed by atoms with Gasteiger partial charge in [0.2, 0.25) is 5.91 Å². The fraction of sp³-hybridized carbons (Fsp3) is 0.464. The monoisotopic (exact) mass is 529 g/mol. The molecule has 3 aromatic rings. The maximum absolute atomic E-state index is 13.3. The van der Waals surface area contributed by atoms with Gasteiger partial charge in [-0.05, 0) is 80.3 Å². The average Bonchev–Trinajstić information content (AvgIpc) is 3.17. The second kappa shape index (κ2) is 9.96. The number of carbonyl (C=O) groups excluding carboxylic acids is 1. The Morgan fingerprint density at radius 2 is 1.95 bits per heavy atom. The van der Waals surface area contributed by atoms with Crippen molar-refractivity contribution in [3.8, 4) is 5.75 Å². The summed E-state index contributed by atoms with van der Waals surface area (Å²) in [5.41, 5.74) is 2.69. The molecule has 0 saturated heterocycles. The molecule has 2 aromatic heterocycles. The summed E-state index contributed by atoms with van der Waals surface area (Å²) in [6, 6.07) is 9.75. The number of benzene rings is 1. The predicted molar refractivity (Wildman–Crippen MR) is 133 cm³/mol. The van der Waals surface area contributed by atoms with Crippen LogP contribution in [0.25, 0.3) is 11.0 Å². The van der Waals surface area contributed by atoms with Crippen LogP contribution in [0.15, 0.2) is 42.6 Å². The first-order valence-corrected chi connectivity index (χ1v) is 12.8. The van der Waals surface area contributed by atoms with E-state index in [2.05, 4.69) is 9.72 Å². The first-order chi connectivity index (χ1) is 18.0. The number of hydrogen-bond acceptors (Lipinski definition) is 4. The third kappa shape index (κ3) is 5.35. The molecule has 1 aliphatic carbocycles. The molecule has 10 heteroatoms. The van der Waals surface area contributed by atoms with E-state index in [0.29, 0.717) is 57.2 Å². The number of ether oxygens (including phenoxy) is 1. The van der Waals surface area contributed by atoms with Gasteiger partial charge in [0.25, 0.3) is 0 Å². The number of aliphatic carboxylic acids is 1. The van der Waals surface area contributed by atoms with Crippen molar-refractivity contribution in [1.29, 1.82) is 0 Å². The van der Waals surface area contributed by atoms with E-state index < -0.39 is 17.7 Å². The number of carbonyl (C=O) groups is 2. The van der Waals surface area contributed by atoms with E-state index in [9.17, 15) is 27.9 Å². The van der Waals surface area contributed by atoms with E-state index in [1.807, 2.05) is 21.6 Å². The lowest BCUT2D eigenvalue weighted by Gasteiger charge is -2.35. The van der Waals surface area contributed by atoms with Gasteiger partial charge in [0, 0.05) is 36.8 Å². The van der Waals surface area contributed by atoms with Gasteiger partial charge in [0.05, 0.1) is 12.0 Å². The molecule has 5 rings (SSSR count). The molecule has 7 nitrogen and oxygen atoms in total. The molecule has 0 radical (unpaired) electrons. The number of pyridine rings is 1. The number of amides is 1. The van der Waals surface area contributed by atoms with Crippen LogP contribution >= 0.6 is 0 Å². The molecular weight excluding hydrogens is 499 g/mol. The Morgan fingerprint density at radius 1 is 1.18 bits per heavy atom. The minimum absolute atomic E-state index is 0.0462. The third-order valence-electron chi connectivity index (χ3n) is 8.03. The summed E-state index contributed by atoms with van der Waals surface area (Å²) in [6.45, 7) is 3.03. The molecule has 2 aliphatic rings. The second-order valence-corrected chi connectivity index (χ2v) is 10.7. The summed E-state index contributed by atoms with van der Waals surface area (Å²) in [4.78, 5) is 31.2. The van der Waals surface area contributed by atoms with Gasteiger partial charge < -0.3 is 19.3 Å². The van der Waals surface area contributed by atoms with Crippen LogP contribution in [0.3, 0.4) is 0 Å². The number of hydrogen-bond donors (Lipinski definition) is 1. The number of alkyl halides is 3. The zero-order chi connectivity index (χ0) is 27.1. The first-order valence-electron chi connectivity index (χ1n) is 12.8. The van der Waals surface area contributed by atoms with Crippen LogP contribution in [0, 0.1) is 11.3 Å². The average molecular weight is 530 g/mol. The fourth-order valence-electron chi connectivity index (χ4n) is 5.78. The Balaban J connectivity index is 1.35. The first kappa shape index (κ1) is 26.1. The van der Waals surface area contributed by atoms with Crippen LogP contribution in [0.1, 0.15) is 55.8 Å². The van der Waals surface area contributed by atoms with Crippen LogP contribution in [0.4, 0.5) is 13.2 Å². The zero-order valence-corrected chi connectivity index (χ0v) is 21.1. The maximum Gasteiger partial charge on any atom is 0.573 e. The van der Waals surface area contributed by atoms with Crippen molar-refractivity contribution in [1.82, 2.24) is 14.5 Å². The summed E-state index contributed by atoms with van der Waals surface area (Å²) in [5, 5.41) is 10.5. The molecule has 202 valence electrons. The van der Waals surface area contributed by atoms with Crippen LogP contribution in [-0.4, -0.2) is 44.3 Å². The highest BCUT2D eigenvalue weighted by molar-refractivity contribution is 5.84. The molecule has 38 heavy (non-hydrogen) atoms. The Hall–Kier alpha value is -3.56. The smallest absolute Gasteiger partial charge is 0.481 e. The van der Waals surface area contributed by atoms with E-state index in [-0.39, 0.29) is 24.1 Å². The standard InChI is InChI=1S/C28H30F3N3O4/c1-27(26(36)37)10-7-18(8-11-27)15-24(35)33-13-9-21-22-6-3-12-32-25(22)34(23(21)17-33)16-19-4-2-5-20(14-19)38-28(29,30)31/h2-6,12,14,18H,7-11,13,15-17H2,1H3,(H,36,37)/t18-,27-. The fourth-order valence-corrected chi connectivity index (χ4v) is 5.78. The highest BCUT2D eigenvalue weighted by Crippen LogP contribution is 2.40. The Bertz CT molecular complexity index is 1360. The van der Waals surface area contributed by atoms with Gasteiger partial charge >= 0.3 is 12.3 Å². The highest BCUT2D eigenvalue weighted by atomic mass is 19.4. The Kier molecular flexibility index (Phi) is 6.83. The van der Waals surface area contributed by atoms with Crippen molar-refractivity contribution in [2.45, 2.75) is 64.9 Å². The largest absolute Gasteiger partial charge is 0.573 e. The SMILES string of the molecule is C[C@]1(C(=O)O)CC[C@H](CC(=O)N2CCc3c(n(Cc4cccc(OC(F)(F)F)c4)c4ncccc34)C2)CC1. The Morgan fingerprint density at radius 3 is 2.66 bits per heavy atom. The van der Waals surface area contributed by atoms with Crippen molar-refractivity contribution in [2.75, 3.05) is 6.54 Å². The molecule has 1 aromatic carbocycles. The number of halogens is 3. The van der Waals surface area contributed by atoms with Crippen molar-refractivity contribution < 1.29 is 32.6 Å². The van der Waals surface area contributed by atoms with E-state index >= 15 is 0 Å². The number of carboxylic acid groups (broad SMARTS) is 1. The van der Waals surface area contributed by atoms with E-state index in [1.54, 1.807) is 19.2 Å². The second-order valence-electron chi connectivity index (χ2n) is 10.7. The summed E-state index contributed by atoms with van der Waals surface area (Å²) >= 11 is 0. The number of carboxylic acids is 1. The van der Waals surface area contributed by atoms with Crippen molar-refractivity contribution >= 4 is 22.9 Å². The van der Waals surface area contributed by atoms with Crippen LogP contribution in [0.2, 0.25) is 0 Å². The zero-order valence-electron chi connectivity index (χ0n) is 21.1. The molecule has 1 aliphatic heterocycles. The van der Waals surface area contributed by atoms with Crippen LogP contribution < -0.4 is 4.74 Å². The molecule has 0 spiro atoms. The van der Waals surface area contributed by atoms with Gasteiger partial charge in [0.15, 0.2) is 0 Å². The normalized spacial score (nSPS) is 21.8. The van der Waals surface area contributed by atoms with Gasteiger partial charge in [-0.3, -0.25) is 9.59 Å². The maximum atomic E-state index is 13.3. The van der Waals surface area contributed by atoms with Gasteiger partial charge in [-0.1, -0.05) is 12.1 Å². The van der Waals surface area contributed by atoms with Gasteiger partial charge in [-0.2, -0.15) is 0 Å². The molecule has 0 bridgehead atoms. The predicted octanol–water partition coefficient (Wildman–Crippen LogP) is 5.54. The Labute approximate surface area is 218 Å². The summed E-state index contributed by atoms with van der Waals surface area (Å²) < 4.78 is 44.3. The molecule has 3 heterocycles. The van der Waals surface area contributed by atoms with Crippen molar-refractivity contribution in [2.24, 2.45) is 11.3 Å². The molecule has 1 amide bonds. The molecule has 0 atom stereocenters. The summed E-state index contributed by atoms with van der Waals surface area (Å²) in [7, 11) is 0. The number of aromatic nitrogens is 2. The lowest BCUT2D eigenvalue weighted by Crippen LogP contribution is -2.39. The topological polar surface area (TPSA) is 84.7 Å². The van der Waals surface area contributed by atoms with Gasteiger partial charge in [-0.25, -0.2) is 4.98 Å². The summed E-state index contributed by atoms with van der Waals surface area (Å²) in [6.07, 6.45) is 0.538. The third-order valence-corrected chi connectivity index (χ3v) is 8.03. The number of fused-ring (bicyclic) bond motifs is 3. The van der Waals surface area contributed by atoms with Crippen LogP contribution in [-0.2, 0) is 29.1 Å². The lowest BCUT2D eigenvalue weighted by atomic mass is 9.71. The highest BCUT2D eigenvalue weighted by Gasteiger charge is 2.38. The van der Waals surface area contributed by atoms with Crippen molar-refractivity contribution in [3.05, 3.63) is 59.4 Å². The molecule has 1 N–H and O–H groups in total. The molecule has 0 unspecified atom stereocenters. The van der Waals surface area contributed by atoms with Crippen LogP contribution in [0.5, 0.6) is 5.75 Å². The minimum atomic E-state index is -4.77. The molecule has 1 saturated carbocycles. The lowest BCUT2D eigenvalue weighted by molar-refractivity contribution is -0.274. The van der Waals surface area contributed by atoms with Gasteiger partial charge in [0.1, 0.15) is 11.4 Å².